The molecule has 1 aliphatic heterocycles. The van der Waals surface area contributed by atoms with E-state index >= 15 is 0 Å². The molecule has 0 amide bonds. The normalized spacial score (nSPS) is 22.2. The van der Waals surface area contributed by atoms with Gasteiger partial charge in [-0.3, -0.25) is 0 Å². The molecule has 0 spiro atoms. The molecule has 2 N–H and O–H groups in total. The zero-order valence-electron chi connectivity index (χ0n) is 8.73. The molecule has 1 rings (SSSR count). The van der Waals surface area contributed by atoms with Gasteiger partial charge in [0.15, 0.2) is 0 Å². The van der Waals surface area contributed by atoms with E-state index in [1.165, 1.54) is 11.1 Å². The maximum atomic E-state index is 3.15. The van der Waals surface area contributed by atoms with E-state index in [9.17, 15) is 0 Å². The van der Waals surface area contributed by atoms with Crippen LogP contribution in [-0.4, -0.2) is 6.04 Å². The lowest BCUT2D eigenvalue weighted by molar-refractivity contribution is 0.625. The highest BCUT2D eigenvalue weighted by atomic mass is 15.4. The van der Waals surface area contributed by atoms with E-state index in [0.29, 0.717) is 6.04 Å². The summed E-state index contributed by atoms with van der Waals surface area (Å²) in [6, 6.07) is 0.407. The molecule has 12 heavy (non-hydrogen) atoms. The highest BCUT2D eigenvalue weighted by Crippen LogP contribution is 2.12. The molecule has 1 heterocycles. The molecule has 0 aromatic heterocycles. The maximum absolute atomic E-state index is 3.15. The molecule has 0 radical (unpaired) electrons. The second-order valence-corrected chi connectivity index (χ2v) is 2.64. The first-order valence-corrected chi connectivity index (χ1v) is 4.56. The van der Waals surface area contributed by atoms with E-state index in [0.717, 1.165) is 0 Å². The zero-order valence-corrected chi connectivity index (χ0v) is 8.73. The van der Waals surface area contributed by atoms with Gasteiger partial charge >= 0.3 is 0 Å². The molecule has 0 aromatic rings. The van der Waals surface area contributed by atoms with Crippen LogP contribution in [-0.2, 0) is 0 Å². The molecule has 1 unspecified atom stereocenters. The molecule has 2 heteroatoms. The third-order valence-corrected chi connectivity index (χ3v) is 1.89. The van der Waals surface area contributed by atoms with Crippen molar-refractivity contribution in [1.82, 2.24) is 10.9 Å². The lowest BCUT2D eigenvalue weighted by atomic mass is 10.0. The standard InChI is InChI=1S/C8H14N2.C2H6.H2/c1-4-6(2)8-7(3)5-9-10-8;1-2;/h4-5,8-10H,1-3H3;1-2H3;1H/b6-4+;;. The minimum absolute atomic E-state index is 0. The van der Waals surface area contributed by atoms with E-state index in [1.54, 1.807) is 0 Å². The Labute approximate surface area is 77.2 Å². The summed E-state index contributed by atoms with van der Waals surface area (Å²) in [6.07, 6.45) is 4.12. The van der Waals surface area contributed by atoms with E-state index in [4.69, 9.17) is 0 Å². The highest BCUT2D eigenvalue weighted by Gasteiger charge is 2.14. The maximum Gasteiger partial charge on any atom is 0.0691 e. The van der Waals surface area contributed by atoms with Crippen molar-refractivity contribution in [2.75, 3.05) is 0 Å². The third kappa shape index (κ3) is 2.70. The van der Waals surface area contributed by atoms with Gasteiger partial charge in [-0.2, -0.15) is 0 Å². The third-order valence-electron chi connectivity index (χ3n) is 1.89. The molecule has 0 saturated heterocycles. The molecule has 1 atom stereocenters. The van der Waals surface area contributed by atoms with Crippen LogP contribution in [0.3, 0.4) is 0 Å². The summed E-state index contributed by atoms with van der Waals surface area (Å²) in [7, 11) is 0. The van der Waals surface area contributed by atoms with Gasteiger partial charge in [0, 0.05) is 7.63 Å². The monoisotopic (exact) mass is 170 g/mol. The van der Waals surface area contributed by atoms with Gasteiger partial charge < -0.3 is 5.43 Å². The van der Waals surface area contributed by atoms with Crippen LogP contribution in [0.15, 0.2) is 23.4 Å². The SMILES string of the molecule is C/C=C(\C)C1NNC=C1C.CC.[HH]. The van der Waals surface area contributed by atoms with Crippen molar-refractivity contribution in [2.45, 2.75) is 40.7 Å². The molecule has 0 aromatic carbocycles. The Morgan fingerprint density at radius 2 is 2.17 bits per heavy atom. The second kappa shape index (κ2) is 5.84. The van der Waals surface area contributed by atoms with E-state index in [1.807, 2.05) is 20.0 Å². The Morgan fingerprint density at radius 1 is 1.58 bits per heavy atom. The minimum atomic E-state index is 0. The number of nitrogens with one attached hydrogen (secondary N) is 2. The van der Waals surface area contributed by atoms with E-state index in [2.05, 4.69) is 37.7 Å². The summed E-state index contributed by atoms with van der Waals surface area (Å²) in [5, 5.41) is 0. The quantitative estimate of drug-likeness (QED) is 0.591. The minimum Gasteiger partial charge on any atom is -0.328 e. The topological polar surface area (TPSA) is 24.1 Å². The lowest BCUT2D eigenvalue weighted by Gasteiger charge is -2.11. The van der Waals surface area contributed by atoms with Gasteiger partial charge in [-0.05, 0) is 26.3 Å². The predicted molar refractivity (Wildman–Crippen MR) is 56.7 cm³/mol. The Balaban J connectivity index is 0. The number of hydrogen-bond acceptors (Lipinski definition) is 2. The van der Waals surface area contributed by atoms with Crippen molar-refractivity contribution in [1.29, 1.82) is 0 Å². The number of allylic oxidation sites excluding steroid dienone is 1. The fourth-order valence-corrected chi connectivity index (χ4v) is 1.08. The molecule has 1 aliphatic rings. The molecule has 2 nitrogen and oxygen atoms in total. The fourth-order valence-electron chi connectivity index (χ4n) is 1.08. The first kappa shape index (κ1) is 11.2. The smallest absolute Gasteiger partial charge is 0.0691 e. The van der Waals surface area contributed by atoms with Crippen molar-refractivity contribution in [3.63, 3.8) is 0 Å². The average Bonchev–Trinajstić information content (AvgIpc) is 2.54. The van der Waals surface area contributed by atoms with Gasteiger partial charge in [-0.1, -0.05) is 25.5 Å². The fraction of sp³-hybridized carbons (Fsp3) is 0.600. The van der Waals surface area contributed by atoms with Crippen molar-refractivity contribution in [3.8, 4) is 0 Å². The summed E-state index contributed by atoms with van der Waals surface area (Å²) >= 11 is 0. The Morgan fingerprint density at radius 3 is 2.50 bits per heavy atom. The van der Waals surface area contributed by atoms with Crippen molar-refractivity contribution in [2.24, 2.45) is 0 Å². The van der Waals surface area contributed by atoms with Crippen LogP contribution in [0, 0.1) is 0 Å². The first-order valence-electron chi connectivity index (χ1n) is 4.56. The van der Waals surface area contributed by atoms with E-state index in [-0.39, 0.29) is 1.43 Å². The van der Waals surface area contributed by atoms with Crippen LogP contribution in [0.4, 0.5) is 0 Å². The zero-order chi connectivity index (χ0) is 9.56. The first-order chi connectivity index (χ1) is 5.75. The highest BCUT2D eigenvalue weighted by molar-refractivity contribution is 5.25. The van der Waals surface area contributed by atoms with Crippen molar-refractivity contribution >= 4 is 0 Å². The van der Waals surface area contributed by atoms with E-state index < -0.39 is 0 Å². The van der Waals surface area contributed by atoms with Crippen LogP contribution in [0.2, 0.25) is 0 Å². The lowest BCUT2D eigenvalue weighted by Crippen LogP contribution is -2.32. The molecular formula is C10H22N2. The van der Waals surface area contributed by atoms with Crippen LogP contribution in [0.5, 0.6) is 0 Å². The Bertz CT molecular complexity index is 185. The second-order valence-electron chi connectivity index (χ2n) is 2.64. The summed E-state index contributed by atoms with van der Waals surface area (Å²) in [6.45, 7) is 10.3. The number of hydrogen-bond donors (Lipinski definition) is 2. The van der Waals surface area contributed by atoms with Crippen molar-refractivity contribution < 1.29 is 1.43 Å². The van der Waals surface area contributed by atoms with Gasteiger partial charge in [0.1, 0.15) is 0 Å². The molecule has 0 saturated carbocycles. The largest absolute Gasteiger partial charge is 0.328 e. The number of rotatable bonds is 1. The summed E-state index contributed by atoms with van der Waals surface area (Å²) in [5.74, 6) is 0. The molecule has 72 valence electrons. The Kier molecular flexibility index (Phi) is 5.47. The van der Waals surface area contributed by atoms with Gasteiger partial charge in [0.2, 0.25) is 0 Å². The summed E-state index contributed by atoms with van der Waals surface area (Å²) in [4.78, 5) is 0. The summed E-state index contributed by atoms with van der Waals surface area (Å²) < 4.78 is 0. The van der Waals surface area contributed by atoms with Gasteiger partial charge in [0.25, 0.3) is 0 Å². The van der Waals surface area contributed by atoms with Crippen LogP contribution in [0.25, 0.3) is 0 Å². The molecule has 0 bridgehead atoms. The van der Waals surface area contributed by atoms with Crippen molar-refractivity contribution in [3.05, 3.63) is 23.4 Å². The molecule has 0 aliphatic carbocycles. The van der Waals surface area contributed by atoms with Gasteiger partial charge in [-0.15, -0.1) is 0 Å². The van der Waals surface area contributed by atoms with Crippen LogP contribution >= 0.6 is 0 Å². The predicted octanol–water partition coefficient (Wildman–Crippen LogP) is 2.61. The van der Waals surface area contributed by atoms with Crippen LogP contribution < -0.4 is 10.9 Å². The molecular weight excluding hydrogens is 148 g/mol. The average molecular weight is 170 g/mol. The summed E-state index contributed by atoms with van der Waals surface area (Å²) in [5.41, 5.74) is 8.83. The molecule has 0 fully saturated rings. The Hall–Kier alpha value is -0.760. The van der Waals surface area contributed by atoms with Gasteiger partial charge in [0.05, 0.1) is 6.04 Å². The van der Waals surface area contributed by atoms with Crippen LogP contribution in [0.1, 0.15) is 36.0 Å². The number of hydrazine groups is 1. The van der Waals surface area contributed by atoms with Gasteiger partial charge in [-0.25, -0.2) is 5.43 Å².